The Balaban J connectivity index is 3.01. The van der Waals surface area contributed by atoms with Crippen molar-refractivity contribution in [3.05, 3.63) is 42.5 Å². The van der Waals surface area contributed by atoms with E-state index >= 15 is 0 Å². The Labute approximate surface area is 78.5 Å². The number of aryl methyl sites for hydroxylation is 1. The van der Waals surface area contributed by atoms with Gasteiger partial charge in [-0.05, 0) is 24.6 Å². The number of para-hydroxylation sites is 1. The average Bonchev–Trinajstić information content (AvgIpc) is 2.16. The molecule has 0 aromatic heterocycles. The first-order valence-electron chi connectivity index (χ1n) is 4.12. The summed E-state index contributed by atoms with van der Waals surface area (Å²) < 4.78 is 0. The van der Waals surface area contributed by atoms with E-state index < -0.39 is 0 Å². The van der Waals surface area contributed by atoms with E-state index in [1.165, 1.54) is 6.08 Å². The topological polar surface area (TPSA) is 20.3 Å². The summed E-state index contributed by atoms with van der Waals surface area (Å²) in [5, 5.41) is 0. The van der Waals surface area contributed by atoms with Crippen molar-refractivity contribution in [1.29, 1.82) is 0 Å². The Kier molecular flexibility index (Phi) is 2.85. The van der Waals surface area contributed by atoms with Gasteiger partial charge in [0.05, 0.1) is 0 Å². The second-order valence-corrected chi connectivity index (χ2v) is 2.89. The third-order valence-electron chi connectivity index (χ3n) is 1.98. The van der Waals surface area contributed by atoms with Crippen molar-refractivity contribution in [3.63, 3.8) is 0 Å². The Morgan fingerprint density at radius 2 is 2.08 bits per heavy atom. The van der Waals surface area contributed by atoms with E-state index in [1.807, 2.05) is 31.2 Å². The fourth-order valence-electron chi connectivity index (χ4n) is 1.20. The van der Waals surface area contributed by atoms with Crippen LogP contribution in [0.4, 0.5) is 5.69 Å². The molecule has 0 unspecified atom stereocenters. The molecule has 0 heterocycles. The summed E-state index contributed by atoms with van der Waals surface area (Å²) in [6.45, 7) is 5.42. The minimum atomic E-state index is -0.0886. The van der Waals surface area contributed by atoms with Crippen LogP contribution in [0.5, 0.6) is 0 Å². The van der Waals surface area contributed by atoms with E-state index in [2.05, 4.69) is 6.58 Å². The molecule has 13 heavy (non-hydrogen) atoms. The molecule has 2 heteroatoms. The Morgan fingerprint density at radius 3 is 2.62 bits per heavy atom. The van der Waals surface area contributed by atoms with Crippen LogP contribution >= 0.6 is 0 Å². The molecule has 1 amide bonds. The van der Waals surface area contributed by atoms with Crippen molar-refractivity contribution in [3.8, 4) is 0 Å². The first-order chi connectivity index (χ1) is 6.16. The zero-order valence-electron chi connectivity index (χ0n) is 7.95. The van der Waals surface area contributed by atoms with Gasteiger partial charge in [-0.1, -0.05) is 24.8 Å². The summed E-state index contributed by atoms with van der Waals surface area (Å²) in [6, 6.07) is 7.75. The number of benzene rings is 1. The normalized spacial score (nSPS) is 9.38. The number of nitrogens with zero attached hydrogens (tertiary/aromatic N) is 1. The van der Waals surface area contributed by atoms with Gasteiger partial charge in [0.25, 0.3) is 0 Å². The van der Waals surface area contributed by atoms with Crippen molar-refractivity contribution in [1.82, 2.24) is 0 Å². The Morgan fingerprint density at radius 1 is 1.46 bits per heavy atom. The van der Waals surface area contributed by atoms with Crippen LogP contribution in [0.15, 0.2) is 36.9 Å². The van der Waals surface area contributed by atoms with Gasteiger partial charge in [0, 0.05) is 12.7 Å². The van der Waals surface area contributed by atoms with Gasteiger partial charge < -0.3 is 4.90 Å². The quantitative estimate of drug-likeness (QED) is 0.631. The highest BCUT2D eigenvalue weighted by Gasteiger charge is 2.07. The third-order valence-corrected chi connectivity index (χ3v) is 1.98. The van der Waals surface area contributed by atoms with Crippen LogP contribution in [0.2, 0.25) is 0 Å². The lowest BCUT2D eigenvalue weighted by molar-refractivity contribution is -0.113. The smallest absolute Gasteiger partial charge is 0.250 e. The van der Waals surface area contributed by atoms with Crippen LogP contribution in [0.3, 0.4) is 0 Å². The van der Waals surface area contributed by atoms with Crippen LogP contribution in [0, 0.1) is 6.92 Å². The highest BCUT2D eigenvalue weighted by atomic mass is 16.2. The largest absolute Gasteiger partial charge is 0.312 e. The van der Waals surface area contributed by atoms with E-state index in [0.717, 1.165) is 11.3 Å². The molecular formula is C11H13NO. The van der Waals surface area contributed by atoms with Gasteiger partial charge >= 0.3 is 0 Å². The number of hydrogen-bond donors (Lipinski definition) is 0. The zero-order valence-corrected chi connectivity index (χ0v) is 7.95. The number of anilines is 1. The summed E-state index contributed by atoms with van der Waals surface area (Å²) in [5.74, 6) is -0.0886. The Bertz CT molecular complexity index is 331. The van der Waals surface area contributed by atoms with Crippen molar-refractivity contribution >= 4 is 11.6 Å². The molecule has 68 valence electrons. The standard InChI is InChI=1S/C11H13NO/c1-4-11(13)12(3)10-8-6-5-7-9(10)2/h4-8H,1H2,2-3H3. The minimum absolute atomic E-state index is 0.0886. The molecule has 1 aromatic rings. The first kappa shape index (κ1) is 9.52. The second-order valence-electron chi connectivity index (χ2n) is 2.89. The number of hydrogen-bond acceptors (Lipinski definition) is 1. The monoisotopic (exact) mass is 175 g/mol. The molecular weight excluding hydrogens is 162 g/mol. The van der Waals surface area contributed by atoms with Gasteiger partial charge in [-0.2, -0.15) is 0 Å². The molecule has 1 rings (SSSR count). The summed E-state index contributed by atoms with van der Waals surface area (Å²) in [4.78, 5) is 12.9. The second kappa shape index (κ2) is 3.90. The number of carbonyl (C=O) groups excluding carboxylic acids is 1. The van der Waals surface area contributed by atoms with Crippen LogP contribution in [0.1, 0.15) is 5.56 Å². The lowest BCUT2D eigenvalue weighted by atomic mass is 10.2. The van der Waals surface area contributed by atoms with Crippen LogP contribution in [0.25, 0.3) is 0 Å². The molecule has 0 spiro atoms. The number of rotatable bonds is 2. The van der Waals surface area contributed by atoms with Gasteiger partial charge in [0.15, 0.2) is 0 Å². The predicted molar refractivity (Wildman–Crippen MR) is 54.8 cm³/mol. The van der Waals surface area contributed by atoms with Gasteiger partial charge in [0.1, 0.15) is 0 Å². The summed E-state index contributed by atoms with van der Waals surface area (Å²) in [7, 11) is 1.74. The van der Waals surface area contributed by atoms with Crippen LogP contribution in [-0.2, 0) is 4.79 Å². The van der Waals surface area contributed by atoms with Crippen molar-refractivity contribution in [2.24, 2.45) is 0 Å². The van der Waals surface area contributed by atoms with E-state index in [-0.39, 0.29) is 5.91 Å². The molecule has 0 radical (unpaired) electrons. The molecule has 0 saturated heterocycles. The van der Waals surface area contributed by atoms with E-state index in [4.69, 9.17) is 0 Å². The molecule has 0 bridgehead atoms. The highest BCUT2D eigenvalue weighted by molar-refractivity contribution is 6.01. The summed E-state index contributed by atoms with van der Waals surface area (Å²) >= 11 is 0. The predicted octanol–water partition coefficient (Wildman–Crippen LogP) is 2.14. The average molecular weight is 175 g/mol. The molecule has 0 N–H and O–H groups in total. The van der Waals surface area contributed by atoms with Crippen molar-refractivity contribution < 1.29 is 4.79 Å². The maximum absolute atomic E-state index is 11.3. The number of likely N-dealkylation sites (N-methyl/N-ethyl adjacent to an activating group) is 1. The summed E-state index contributed by atoms with van der Waals surface area (Å²) in [5.41, 5.74) is 2.01. The lowest BCUT2D eigenvalue weighted by Crippen LogP contribution is -2.24. The number of carbonyl (C=O) groups is 1. The molecule has 1 aromatic carbocycles. The molecule has 0 atom stereocenters. The number of amides is 1. The van der Waals surface area contributed by atoms with Crippen LogP contribution < -0.4 is 4.90 Å². The van der Waals surface area contributed by atoms with Gasteiger partial charge in [0.2, 0.25) is 5.91 Å². The fraction of sp³-hybridized carbons (Fsp3) is 0.182. The maximum atomic E-state index is 11.3. The van der Waals surface area contributed by atoms with Gasteiger partial charge in [-0.25, -0.2) is 0 Å². The van der Waals surface area contributed by atoms with E-state index in [1.54, 1.807) is 11.9 Å². The van der Waals surface area contributed by atoms with Crippen LogP contribution in [-0.4, -0.2) is 13.0 Å². The Hall–Kier alpha value is -1.57. The molecule has 0 aliphatic carbocycles. The SMILES string of the molecule is C=CC(=O)N(C)c1ccccc1C. The highest BCUT2D eigenvalue weighted by Crippen LogP contribution is 2.17. The molecule has 0 saturated carbocycles. The fourth-order valence-corrected chi connectivity index (χ4v) is 1.20. The molecule has 0 aliphatic rings. The molecule has 0 aliphatic heterocycles. The minimum Gasteiger partial charge on any atom is -0.312 e. The lowest BCUT2D eigenvalue weighted by Gasteiger charge is -2.17. The molecule has 2 nitrogen and oxygen atoms in total. The van der Waals surface area contributed by atoms with E-state index in [9.17, 15) is 4.79 Å². The zero-order chi connectivity index (χ0) is 9.84. The van der Waals surface area contributed by atoms with Gasteiger partial charge in [-0.15, -0.1) is 0 Å². The third kappa shape index (κ3) is 1.96. The maximum Gasteiger partial charge on any atom is 0.250 e. The van der Waals surface area contributed by atoms with Crippen molar-refractivity contribution in [2.45, 2.75) is 6.92 Å². The summed E-state index contributed by atoms with van der Waals surface area (Å²) in [6.07, 6.45) is 1.31. The van der Waals surface area contributed by atoms with E-state index in [0.29, 0.717) is 0 Å². The molecule has 0 fully saturated rings. The van der Waals surface area contributed by atoms with Gasteiger partial charge in [-0.3, -0.25) is 4.79 Å². The first-order valence-corrected chi connectivity index (χ1v) is 4.12. The van der Waals surface area contributed by atoms with Crippen molar-refractivity contribution in [2.75, 3.05) is 11.9 Å².